The average molecular weight is 280 g/mol. The Kier molecular flexibility index (Phi) is 5.98. The minimum atomic E-state index is -0.649. The van der Waals surface area contributed by atoms with E-state index in [0.29, 0.717) is 12.8 Å². The summed E-state index contributed by atoms with van der Waals surface area (Å²) in [5, 5.41) is 21.2. The third-order valence-corrected chi connectivity index (χ3v) is 3.60. The number of carbonyl (C=O) groups is 1. The van der Waals surface area contributed by atoms with Crippen LogP contribution in [0, 0.1) is 0 Å². The molecule has 1 amide bonds. The van der Waals surface area contributed by atoms with Crippen LogP contribution < -0.4 is 11.1 Å². The van der Waals surface area contributed by atoms with Crippen molar-refractivity contribution < 1.29 is 15.0 Å². The molecular formula is C15H24N2O3. The molecule has 0 aliphatic carbocycles. The molecule has 0 spiro atoms. The Hall–Kier alpha value is -1.59. The first-order valence-electron chi connectivity index (χ1n) is 6.86. The molecule has 5 nitrogen and oxygen atoms in total. The van der Waals surface area contributed by atoms with Crippen LogP contribution in [0.2, 0.25) is 0 Å². The molecule has 2 atom stereocenters. The van der Waals surface area contributed by atoms with Gasteiger partial charge in [0.25, 0.3) is 0 Å². The van der Waals surface area contributed by atoms with Crippen molar-refractivity contribution in [1.82, 2.24) is 5.32 Å². The number of aliphatic hydroxyl groups is 1. The number of phenols is 1. The second kappa shape index (κ2) is 7.26. The van der Waals surface area contributed by atoms with Gasteiger partial charge in [-0.1, -0.05) is 19.1 Å². The molecule has 0 saturated heterocycles. The van der Waals surface area contributed by atoms with Gasteiger partial charge in [0.15, 0.2) is 0 Å². The highest BCUT2D eigenvalue weighted by atomic mass is 16.3. The first kappa shape index (κ1) is 16.5. The number of nitrogens with two attached hydrogens (primary N) is 1. The molecule has 0 saturated carbocycles. The monoisotopic (exact) mass is 280 g/mol. The number of aromatic hydroxyl groups is 1. The highest BCUT2D eigenvalue weighted by Crippen LogP contribution is 2.15. The van der Waals surface area contributed by atoms with Crippen LogP contribution in [-0.4, -0.2) is 34.3 Å². The molecule has 1 rings (SSSR count). The summed E-state index contributed by atoms with van der Waals surface area (Å²) in [5.41, 5.74) is 6.37. The lowest BCUT2D eigenvalue weighted by molar-refractivity contribution is -0.124. The van der Waals surface area contributed by atoms with Crippen molar-refractivity contribution in [2.24, 2.45) is 5.73 Å². The van der Waals surface area contributed by atoms with Gasteiger partial charge >= 0.3 is 0 Å². The lowest BCUT2D eigenvalue weighted by Crippen LogP contribution is -2.52. The van der Waals surface area contributed by atoms with Gasteiger partial charge < -0.3 is 21.3 Å². The lowest BCUT2D eigenvalue weighted by Gasteiger charge is -2.30. The normalized spacial score (nSPS) is 15.4. The van der Waals surface area contributed by atoms with Crippen molar-refractivity contribution in [3.05, 3.63) is 29.8 Å². The van der Waals surface area contributed by atoms with E-state index in [1.165, 1.54) is 0 Å². The van der Waals surface area contributed by atoms with Gasteiger partial charge in [-0.2, -0.15) is 0 Å². The van der Waals surface area contributed by atoms with E-state index in [0.717, 1.165) is 12.0 Å². The standard InChI is InChI=1S/C15H24N2O3/c1-3-15(2,8-9-18)17-14(20)13(16)10-11-4-6-12(19)7-5-11/h4-7,13,18-19H,3,8-10,16H2,1-2H3,(H,17,20)/t13-,15?/m0/s1. The van der Waals surface area contributed by atoms with Gasteiger partial charge in [0.05, 0.1) is 6.04 Å². The van der Waals surface area contributed by atoms with E-state index in [-0.39, 0.29) is 18.3 Å². The summed E-state index contributed by atoms with van der Waals surface area (Å²) in [5.74, 6) is -0.0378. The number of benzene rings is 1. The highest BCUT2D eigenvalue weighted by Gasteiger charge is 2.26. The summed E-state index contributed by atoms with van der Waals surface area (Å²) in [7, 11) is 0. The molecule has 0 aliphatic rings. The average Bonchev–Trinajstić information content (AvgIpc) is 2.41. The van der Waals surface area contributed by atoms with Crippen LogP contribution in [0.4, 0.5) is 0 Å². The van der Waals surface area contributed by atoms with Crippen molar-refractivity contribution >= 4 is 5.91 Å². The molecule has 1 unspecified atom stereocenters. The quantitative estimate of drug-likeness (QED) is 0.597. The van der Waals surface area contributed by atoms with Crippen molar-refractivity contribution in [2.45, 2.75) is 44.7 Å². The fourth-order valence-electron chi connectivity index (χ4n) is 1.94. The molecule has 0 bridgehead atoms. The Bertz CT molecular complexity index is 433. The van der Waals surface area contributed by atoms with E-state index >= 15 is 0 Å². The zero-order chi connectivity index (χ0) is 15.2. The number of carbonyl (C=O) groups excluding carboxylic acids is 1. The van der Waals surface area contributed by atoms with Crippen LogP contribution >= 0.6 is 0 Å². The van der Waals surface area contributed by atoms with Crippen molar-refractivity contribution in [2.75, 3.05) is 6.61 Å². The van der Waals surface area contributed by atoms with Gasteiger partial charge in [-0.25, -0.2) is 0 Å². The van der Waals surface area contributed by atoms with E-state index in [2.05, 4.69) is 5.32 Å². The summed E-state index contributed by atoms with van der Waals surface area (Å²) in [4.78, 5) is 12.1. The van der Waals surface area contributed by atoms with Crippen LogP contribution in [0.15, 0.2) is 24.3 Å². The number of amides is 1. The Balaban J connectivity index is 2.60. The summed E-state index contributed by atoms with van der Waals surface area (Å²) in [6.07, 6.45) is 1.64. The van der Waals surface area contributed by atoms with E-state index in [4.69, 9.17) is 10.8 Å². The lowest BCUT2D eigenvalue weighted by atomic mass is 9.94. The second-order valence-corrected chi connectivity index (χ2v) is 5.35. The van der Waals surface area contributed by atoms with Crippen molar-refractivity contribution in [3.8, 4) is 5.75 Å². The summed E-state index contributed by atoms with van der Waals surface area (Å²) in [6, 6.07) is 5.98. The molecule has 0 aliphatic heterocycles. The SMILES string of the molecule is CCC(C)(CCO)NC(=O)[C@@H](N)Cc1ccc(O)cc1. The Morgan fingerprint density at radius 2 is 2.00 bits per heavy atom. The van der Waals surface area contributed by atoms with Gasteiger partial charge in [-0.05, 0) is 43.9 Å². The predicted octanol–water partition coefficient (Wildman–Crippen LogP) is 0.929. The van der Waals surface area contributed by atoms with Gasteiger partial charge in [-0.15, -0.1) is 0 Å². The summed E-state index contributed by atoms with van der Waals surface area (Å²) < 4.78 is 0. The number of aliphatic hydroxyl groups excluding tert-OH is 1. The topological polar surface area (TPSA) is 95.6 Å². The van der Waals surface area contributed by atoms with Crippen molar-refractivity contribution in [3.63, 3.8) is 0 Å². The van der Waals surface area contributed by atoms with E-state index in [1.54, 1.807) is 24.3 Å². The third kappa shape index (κ3) is 4.83. The fourth-order valence-corrected chi connectivity index (χ4v) is 1.94. The van der Waals surface area contributed by atoms with Gasteiger partial charge in [0.1, 0.15) is 5.75 Å². The van der Waals surface area contributed by atoms with Crippen LogP contribution in [0.25, 0.3) is 0 Å². The highest BCUT2D eigenvalue weighted by molar-refractivity contribution is 5.82. The molecule has 20 heavy (non-hydrogen) atoms. The van der Waals surface area contributed by atoms with E-state index in [9.17, 15) is 9.90 Å². The number of hydrogen-bond donors (Lipinski definition) is 4. The Labute approximate surface area is 119 Å². The maximum Gasteiger partial charge on any atom is 0.237 e. The second-order valence-electron chi connectivity index (χ2n) is 5.35. The predicted molar refractivity (Wildman–Crippen MR) is 78.3 cm³/mol. The van der Waals surface area contributed by atoms with Crippen LogP contribution in [0.3, 0.4) is 0 Å². The number of rotatable bonds is 7. The molecule has 0 heterocycles. The zero-order valence-corrected chi connectivity index (χ0v) is 12.1. The first-order chi connectivity index (χ1) is 9.40. The summed E-state index contributed by atoms with van der Waals surface area (Å²) in [6.45, 7) is 3.88. The Morgan fingerprint density at radius 3 is 2.50 bits per heavy atom. The van der Waals surface area contributed by atoms with Crippen LogP contribution in [-0.2, 0) is 11.2 Å². The smallest absolute Gasteiger partial charge is 0.237 e. The number of hydrogen-bond acceptors (Lipinski definition) is 4. The molecule has 1 aromatic rings. The molecule has 1 aromatic carbocycles. The molecular weight excluding hydrogens is 256 g/mol. The molecule has 0 aromatic heterocycles. The maximum atomic E-state index is 12.1. The van der Waals surface area contributed by atoms with Crippen molar-refractivity contribution in [1.29, 1.82) is 0 Å². The molecule has 5 N–H and O–H groups in total. The Morgan fingerprint density at radius 1 is 1.40 bits per heavy atom. The number of nitrogens with one attached hydrogen (secondary N) is 1. The first-order valence-corrected chi connectivity index (χ1v) is 6.86. The molecule has 0 fully saturated rings. The van der Waals surface area contributed by atoms with Crippen LogP contribution in [0.1, 0.15) is 32.3 Å². The molecule has 5 heteroatoms. The molecule has 112 valence electrons. The minimum Gasteiger partial charge on any atom is -0.508 e. The van der Waals surface area contributed by atoms with E-state index < -0.39 is 11.6 Å². The maximum absolute atomic E-state index is 12.1. The summed E-state index contributed by atoms with van der Waals surface area (Å²) >= 11 is 0. The van der Waals surface area contributed by atoms with Gasteiger partial charge in [0.2, 0.25) is 5.91 Å². The van der Waals surface area contributed by atoms with Gasteiger partial charge in [0, 0.05) is 12.1 Å². The fraction of sp³-hybridized carbons (Fsp3) is 0.533. The molecule has 0 radical (unpaired) electrons. The number of phenolic OH excluding ortho intramolecular Hbond substituents is 1. The van der Waals surface area contributed by atoms with E-state index in [1.807, 2.05) is 13.8 Å². The van der Waals surface area contributed by atoms with Gasteiger partial charge in [-0.3, -0.25) is 4.79 Å². The van der Waals surface area contributed by atoms with Crippen LogP contribution in [0.5, 0.6) is 5.75 Å². The largest absolute Gasteiger partial charge is 0.508 e. The third-order valence-electron chi connectivity index (χ3n) is 3.60. The zero-order valence-electron chi connectivity index (χ0n) is 12.1. The minimum absolute atomic E-state index is 0.0256.